The molecule has 1 fully saturated rings. The molecule has 0 bridgehead atoms. The molecule has 0 radical (unpaired) electrons. The number of hydrogen-bond acceptors (Lipinski definition) is 2. The molecule has 46 valence electrons. The maximum absolute atomic E-state index is 3.91. The van der Waals surface area contributed by atoms with Crippen molar-refractivity contribution in [3.63, 3.8) is 0 Å². The first kappa shape index (κ1) is 7.51. The molecule has 1 aliphatic rings. The third kappa shape index (κ3) is 1.92. The first-order valence-corrected chi connectivity index (χ1v) is 5.76. The summed E-state index contributed by atoms with van der Waals surface area (Å²) >= 11 is 0.604. The van der Waals surface area contributed by atoms with Crippen LogP contribution in [0.2, 0.25) is 0 Å². The summed E-state index contributed by atoms with van der Waals surface area (Å²) in [6.07, 6.45) is 0. The van der Waals surface area contributed by atoms with Crippen molar-refractivity contribution in [1.29, 1.82) is 0 Å². The van der Waals surface area contributed by atoms with Crippen molar-refractivity contribution in [1.82, 2.24) is 7.77 Å². The molecule has 0 aromatic rings. The molecule has 1 heterocycles. The molecular weight excluding hydrogens is 142 g/mol. The molecule has 0 amide bonds. The van der Waals surface area contributed by atoms with Crippen molar-refractivity contribution in [2.75, 3.05) is 19.8 Å². The van der Waals surface area contributed by atoms with Gasteiger partial charge in [0.05, 0.1) is 0 Å². The van der Waals surface area contributed by atoms with E-state index in [2.05, 4.69) is 18.5 Å². The van der Waals surface area contributed by atoms with Gasteiger partial charge < -0.3 is 0 Å². The van der Waals surface area contributed by atoms with Crippen LogP contribution in [-0.4, -0.2) is 68.3 Å². The fraction of sp³-hybridized carbons (Fsp3) is 0.600. The Labute approximate surface area is 68.4 Å². The minimum absolute atomic E-state index is 0.302. The molecule has 2 nitrogen and oxygen atoms in total. The van der Waals surface area contributed by atoms with Crippen LogP contribution in [0.15, 0.2) is 0 Å². The van der Waals surface area contributed by atoms with E-state index in [4.69, 9.17) is 0 Å². The molecule has 0 atom stereocenters. The Morgan fingerprint density at radius 3 is 1.67 bits per heavy atom. The van der Waals surface area contributed by atoms with Crippen LogP contribution in [0.4, 0.5) is 0 Å². The van der Waals surface area contributed by atoms with Gasteiger partial charge in [0.1, 0.15) is 0 Å². The van der Waals surface area contributed by atoms with E-state index in [1.165, 1.54) is 13.1 Å². The van der Waals surface area contributed by atoms with Gasteiger partial charge in [0.2, 0.25) is 0 Å². The predicted molar refractivity (Wildman–Crippen MR) is 44.0 cm³/mol. The van der Waals surface area contributed by atoms with E-state index >= 15 is 0 Å². The van der Waals surface area contributed by atoms with Gasteiger partial charge in [-0.25, -0.2) is 0 Å². The molecule has 4 heteroatoms. The standard InChI is InChI=1S/C3H6N2.2CH2.2Al/c1-2-5-3-4-1;;;;/h1-3H2;2*1H2;;/q-2;;;2*+1. The van der Waals surface area contributed by atoms with Gasteiger partial charge in [0.15, 0.2) is 0 Å². The van der Waals surface area contributed by atoms with Crippen LogP contribution in [0.3, 0.4) is 0 Å². The summed E-state index contributed by atoms with van der Waals surface area (Å²) in [4.78, 5) is 0. The maximum atomic E-state index is 3.91. The Kier molecular flexibility index (Phi) is 2.96. The Morgan fingerprint density at radius 2 is 1.44 bits per heavy atom. The summed E-state index contributed by atoms with van der Waals surface area (Å²) in [6.45, 7) is 3.58. The molecule has 0 N–H and O–H groups in total. The van der Waals surface area contributed by atoms with Crippen LogP contribution in [-0.2, 0) is 0 Å². The average molecular weight is 152 g/mol. The van der Waals surface area contributed by atoms with Gasteiger partial charge >= 0.3 is 68.3 Å². The Morgan fingerprint density at radius 1 is 1.00 bits per heavy atom. The normalized spacial score (nSPS) is 17.3. The molecule has 1 rings (SSSR count). The van der Waals surface area contributed by atoms with Gasteiger partial charge in [0.25, 0.3) is 0 Å². The van der Waals surface area contributed by atoms with E-state index in [-0.39, 0.29) is 0 Å². The zero-order chi connectivity index (χ0) is 6.69. The molecular formula is C5H10Al2N2. The summed E-state index contributed by atoms with van der Waals surface area (Å²) < 4.78 is 4.83. The Bertz CT molecular complexity index is 112. The fourth-order valence-electron chi connectivity index (χ4n) is 0.930. The zero-order valence-corrected chi connectivity index (χ0v) is 7.89. The molecule has 1 saturated heterocycles. The quantitative estimate of drug-likeness (QED) is 0.452. The molecule has 0 aromatic heterocycles. The van der Waals surface area contributed by atoms with Gasteiger partial charge in [0, 0.05) is 0 Å². The van der Waals surface area contributed by atoms with E-state index in [0.29, 0.717) is 30.0 Å². The van der Waals surface area contributed by atoms with Crippen molar-refractivity contribution in [2.45, 2.75) is 0 Å². The third-order valence-electron chi connectivity index (χ3n) is 1.55. The summed E-state index contributed by atoms with van der Waals surface area (Å²) in [6, 6.07) is 0. The third-order valence-corrected chi connectivity index (χ3v) is 3.43. The summed E-state index contributed by atoms with van der Waals surface area (Å²) in [5, 5.41) is 7.82. The fourth-order valence-corrected chi connectivity index (χ4v) is 2.36. The van der Waals surface area contributed by atoms with Crippen LogP contribution < -0.4 is 0 Å². The topological polar surface area (TPSA) is 6.48 Å². The number of rotatable bonds is 2. The molecule has 0 spiro atoms. The van der Waals surface area contributed by atoms with Crippen molar-refractivity contribution < 1.29 is 0 Å². The van der Waals surface area contributed by atoms with Gasteiger partial charge in [-0.2, -0.15) is 0 Å². The first-order valence-electron chi connectivity index (χ1n) is 3.10. The van der Waals surface area contributed by atoms with Crippen LogP contribution in [0.25, 0.3) is 0 Å². The Balaban J connectivity index is 2.36. The minimum atomic E-state index is 0.302. The average Bonchev–Trinajstić information content (AvgIpc) is 2.34. The second-order valence-electron chi connectivity index (χ2n) is 2.13. The van der Waals surface area contributed by atoms with E-state index in [1.807, 2.05) is 0 Å². The van der Waals surface area contributed by atoms with Gasteiger partial charge in [-0.15, -0.1) is 0 Å². The molecule has 0 aromatic carbocycles. The van der Waals surface area contributed by atoms with Crippen LogP contribution >= 0.6 is 0 Å². The van der Waals surface area contributed by atoms with E-state index < -0.39 is 0 Å². The van der Waals surface area contributed by atoms with Crippen LogP contribution in [0, 0.1) is 0 Å². The Hall–Kier alpha value is 0.405. The van der Waals surface area contributed by atoms with Gasteiger partial charge in [-0.05, 0) is 0 Å². The van der Waals surface area contributed by atoms with Crippen LogP contribution in [0.1, 0.15) is 0 Å². The van der Waals surface area contributed by atoms with Crippen molar-refractivity contribution in [2.24, 2.45) is 0 Å². The van der Waals surface area contributed by atoms with Crippen molar-refractivity contribution in [3.05, 3.63) is 0 Å². The summed E-state index contributed by atoms with van der Waals surface area (Å²) in [5.41, 5.74) is 0. The SMILES string of the molecule is [CH2]=[Al][N]1CC[N]([Al]=[CH2])C1. The molecule has 0 aliphatic carbocycles. The zero-order valence-electron chi connectivity index (χ0n) is 5.58. The monoisotopic (exact) mass is 152 g/mol. The van der Waals surface area contributed by atoms with Crippen LogP contribution in [0.5, 0.6) is 0 Å². The number of hydrogen-bond donors (Lipinski definition) is 0. The van der Waals surface area contributed by atoms with E-state index in [9.17, 15) is 0 Å². The van der Waals surface area contributed by atoms with Crippen molar-refractivity contribution >= 4 is 40.8 Å². The summed E-state index contributed by atoms with van der Waals surface area (Å²) in [5.74, 6) is 0. The second kappa shape index (κ2) is 3.54. The van der Waals surface area contributed by atoms with Gasteiger partial charge in [-0.3, -0.25) is 0 Å². The predicted octanol–water partition coefficient (Wildman–Crippen LogP) is -1.34. The first-order chi connectivity index (χ1) is 4.36. The van der Waals surface area contributed by atoms with Crippen molar-refractivity contribution in [3.8, 4) is 0 Å². The van der Waals surface area contributed by atoms with Gasteiger partial charge in [-0.1, -0.05) is 0 Å². The second-order valence-corrected chi connectivity index (χ2v) is 4.32. The number of nitrogens with zero attached hydrogens (tertiary/aromatic N) is 2. The molecule has 1 aliphatic heterocycles. The van der Waals surface area contributed by atoms with E-state index in [1.54, 1.807) is 0 Å². The van der Waals surface area contributed by atoms with E-state index in [0.717, 1.165) is 6.67 Å². The molecule has 0 saturated carbocycles. The molecule has 9 heavy (non-hydrogen) atoms. The molecule has 0 unspecified atom stereocenters. The summed E-state index contributed by atoms with van der Waals surface area (Å²) in [7, 11) is 0.